The highest BCUT2D eigenvalue weighted by molar-refractivity contribution is 5.72. The summed E-state index contributed by atoms with van der Waals surface area (Å²) in [6.45, 7) is 1.59. The number of cyclic esters (lactones) is 1. The van der Waals surface area contributed by atoms with Crippen molar-refractivity contribution in [1.82, 2.24) is 4.90 Å². The lowest BCUT2D eigenvalue weighted by Gasteiger charge is -2.53. The first-order valence-corrected chi connectivity index (χ1v) is 4.25. The van der Waals surface area contributed by atoms with Crippen LogP contribution in [-0.4, -0.2) is 29.7 Å². The molecule has 1 amide bonds. The van der Waals surface area contributed by atoms with E-state index in [0.29, 0.717) is 6.61 Å². The van der Waals surface area contributed by atoms with Crippen molar-refractivity contribution in [3.63, 3.8) is 0 Å². The molecule has 2 bridgehead atoms. The quantitative estimate of drug-likeness (QED) is 0.519. The topological polar surface area (TPSA) is 29.5 Å². The third-order valence-corrected chi connectivity index (χ3v) is 3.36. The van der Waals surface area contributed by atoms with Crippen LogP contribution in [0.3, 0.4) is 0 Å². The molecule has 1 spiro atoms. The molecule has 60 valence electrons. The highest BCUT2D eigenvalue weighted by Crippen LogP contribution is 2.51. The summed E-state index contributed by atoms with van der Waals surface area (Å²) < 4.78 is 5.03. The van der Waals surface area contributed by atoms with Crippen molar-refractivity contribution in [2.24, 2.45) is 5.92 Å². The molecule has 0 aromatic heterocycles. The Balaban J connectivity index is 1.96. The lowest BCUT2D eigenvalue weighted by Crippen LogP contribution is -2.61. The SMILES string of the molecule is O=C1OCC23CC(CCN12)C3. The van der Waals surface area contributed by atoms with Crippen LogP contribution in [0.1, 0.15) is 19.3 Å². The Morgan fingerprint density at radius 1 is 1.55 bits per heavy atom. The second kappa shape index (κ2) is 1.54. The number of hydrogen-bond donors (Lipinski definition) is 0. The van der Waals surface area contributed by atoms with Gasteiger partial charge in [-0.25, -0.2) is 4.79 Å². The average molecular weight is 153 g/mol. The Bertz CT molecular complexity index is 220. The molecular weight excluding hydrogens is 142 g/mol. The van der Waals surface area contributed by atoms with Crippen LogP contribution in [-0.2, 0) is 4.74 Å². The number of rotatable bonds is 0. The predicted molar refractivity (Wildman–Crippen MR) is 38.1 cm³/mol. The fourth-order valence-electron chi connectivity index (χ4n) is 2.74. The van der Waals surface area contributed by atoms with Crippen LogP contribution in [0.15, 0.2) is 0 Å². The lowest BCUT2D eigenvalue weighted by atomic mass is 9.64. The minimum atomic E-state index is -0.0804. The molecule has 3 heteroatoms. The first-order valence-electron chi connectivity index (χ1n) is 4.25. The maximum Gasteiger partial charge on any atom is 0.410 e. The summed E-state index contributed by atoms with van der Waals surface area (Å²) in [7, 11) is 0. The molecule has 0 unspecified atom stereocenters. The molecule has 4 fully saturated rings. The molecule has 3 nitrogen and oxygen atoms in total. The molecule has 3 saturated heterocycles. The van der Waals surface area contributed by atoms with Gasteiger partial charge in [-0.2, -0.15) is 0 Å². The number of fused-ring (bicyclic) bond motifs is 1. The van der Waals surface area contributed by atoms with Gasteiger partial charge in [0.05, 0.1) is 5.54 Å². The van der Waals surface area contributed by atoms with Crippen LogP contribution in [0, 0.1) is 5.92 Å². The molecule has 3 heterocycles. The van der Waals surface area contributed by atoms with Gasteiger partial charge in [-0.1, -0.05) is 0 Å². The molecule has 0 aromatic rings. The number of piperidine rings is 2. The van der Waals surface area contributed by atoms with E-state index in [-0.39, 0.29) is 11.6 Å². The van der Waals surface area contributed by atoms with Crippen molar-refractivity contribution in [3.05, 3.63) is 0 Å². The summed E-state index contributed by atoms with van der Waals surface area (Å²) in [5.74, 6) is 0.890. The van der Waals surface area contributed by atoms with E-state index in [9.17, 15) is 4.79 Å². The van der Waals surface area contributed by atoms with E-state index in [0.717, 1.165) is 12.5 Å². The van der Waals surface area contributed by atoms with Crippen LogP contribution in [0.25, 0.3) is 0 Å². The molecule has 0 N–H and O–H groups in total. The van der Waals surface area contributed by atoms with Gasteiger partial charge in [-0.3, -0.25) is 4.90 Å². The summed E-state index contributed by atoms with van der Waals surface area (Å²) >= 11 is 0. The standard InChI is InChI=1S/C8H11NO2/c10-7-9-2-1-6-3-8(9,4-6)5-11-7/h6H,1-5H2. The Labute approximate surface area is 65.3 Å². The first kappa shape index (κ1) is 5.86. The summed E-state index contributed by atoms with van der Waals surface area (Å²) in [5.41, 5.74) is 0.167. The number of nitrogens with zero attached hydrogens (tertiary/aromatic N) is 1. The van der Waals surface area contributed by atoms with Gasteiger partial charge in [-0.05, 0) is 25.2 Å². The van der Waals surface area contributed by atoms with E-state index in [4.69, 9.17) is 4.74 Å². The van der Waals surface area contributed by atoms with Gasteiger partial charge in [-0.15, -0.1) is 0 Å². The van der Waals surface area contributed by atoms with E-state index in [2.05, 4.69) is 0 Å². The van der Waals surface area contributed by atoms with Crippen LogP contribution >= 0.6 is 0 Å². The zero-order valence-electron chi connectivity index (χ0n) is 6.38. The summed E-state index contributed by atoms with van der Waals surface area (Å²) in [6, 6.07) is 0. The second-order valence-corrected chi connectivity index (χ2v) is 3.99. The van der Waals surface area contributed by atoms with Crippen LogP contribution < -0.4 is 0 Å². The third-order valence-electron chi connectivity index (χ3n) is 3.36. The van der Waals surface area contributed by atoms with Crippen molar-refractivity contribution in [2.45, 2.75) is 24.8 Å². The highest BCUT2D eigenvalue weighted by Gasteiger charge is 2.58. The van der Waals surface area contributed by atoms with Gasteiger partial charge in [0, 0.05) is 6.54 Å². The molecule has 1 saturated carbocycles. The Hall–Kier alpha value is -0.730. The maximum atomic E-state index is 11.1. The third kappa shape index (κ3) is 0.535. The van der Waals surface area contributed by atoms with E-state index in [1.165, 1.54) is 19.3 Å². The second-order valence-electron chi connectivity index (χ2n) is 3.99. The van der Waals surface area contributed by atoms with Crippen molar-refractivity contribution >= 4 is 6.09 Å². The molecule has 11 heavy (non-hydrogen) atoms. The van der Waals surface area contributed by atoms with Gasteiger partial charge in [0.2, 0.25) is 0 Å². The summed E-state index contributed by atoms with van der Waals surface area (Å²) in [6.07, 6.45) is 3.50. The van der Waals surface area contributed by atoms with Gasteiger partial charge >= 0.3 is 6.09 Å². The summed E-state index contributed by atoms with van der Waals surface area (Å²) in [4.78, 5) is 13.1. The molecule has 0 atom stereocenters. The molecule has 3 aliphatic heterocycles. The molecule has 0 aromatic carbocycles. The number of hydrogen-bond acceptors (Lipinski definition) is 2. The molecule has 4 aliphatic rings. The van der Waals surface area contributed by atoms with E-state index in [1.54, 1.807) is 0 Å². The predicted octanol–water partition coefficient (Wildman–Crippen LogP) is 0.991. The normalized spacial score (nSPS) is 46.4. The van der Waals surface area contributed by atoms with Crippen molar-refractivity contribution in [2.75, 3.05) is 13.2 Å². The fourth-order valence-corrected chi connectivity index (χ4v) is 2.74. The average Bonchev–Trinajstić information content (AvgIpc) is 2.30. The molecule has 1 aliphatic carbocycles. The summed E-state index contributed by atoms with van der Waals surface area (Å²) in [5, 5.41) is 0. The van der Waals surface area contributed by atoms with Crippen molar-refractivity contribution in [3.8, 4) is 0 Å². The lowest BCUT2D eigenvalue weighted by molar-refractivity contribution is -0.0240. The van der Waals surface area contributed by atoms with Gasteiger partial charge in [0.25, 0.3) is 0 Å². The van der Waals surface area contributed by atoms with Crippen molar-refractivity contribution in [1.29, 1.82) is 0 Å². The van der Waals surface area contributed by atoms with Gasteiger partial charge in [0.15, 0.2) is 0 Å². The smallest absolute Gasteiger partial charge is 0.410 e. The number of ether oxygens (including phenoxy) is 1. The number of carbonyl (C=O) groups is 1. The van der Waals surface area contributed by atoms with E-state index >= 15 is 0 Å². The zero-order valence-corrected chi connectivity index (χ0v) is 6.38. The molecule has 4 rings (SSSR count). The van der Waals surface area contributed by atoms with E-state index in [1.807, 2.05) is 4.90 Å². The first-order chi connectivity index (χ1) is 5.30. The van der Waals surface area contributed by atoms with Crippen LogP contribution in [0.2, 0.25) is 0 Å². The van der Waals surface area contributed by atoms with E-state index < -0.39 is 0 Å². The Morgan fingerprint density at radius 3 is 3.09 bits per heavy atom. The highest BCUT2D eigenvalue weighted by atomic mass is 16.6. The molecular formula is C8H11NO2. The number of amides is 1. The molecule has 0 radical (unpaired) electrons. The van der Waals surface area contributed by atoms with Crippen LogP contribution in [0.4, 0.5) is 4.79 Å². The minimum absolute atomic E-state index is 0.0804. The zero-order chi connectivity index (χ0) is 7.47. The Morgan fingerprint density at radius 2 is 2.36 bits per heavy atom. The maximum absolute atomic E-state index is 11.1. The Kier molecular flexibility index (Phi) is 0.822. The monoisotopic (exact) mass is 153 g/mol. The largest absolute Gasteiger partial charge is 0.447 e. The van der Waals surface area contributed by atoms with Crippen LogP contribution in [0.5, 0.6) is 0 Å². The minimum Gasteiger partial charge on any atom is -0.447 e. The van der Waals surface area contributed by atoms with Gasteiger partial charge in [0.1, 0.15) is 6.61 Å². The fraction of sp³-hybridized carbons (Fsp3) is 0.875. The van der Waals surface area contributed by atoms with Gasteiger partial charge < -0.3 is 4.74 Å². The number of carbonyl (C=O) groups excluding carboxylic acids is 1. The van der Waals surface area contributed by atoms with Crippen molar-refractivity contribution < 1.29 is 9.53 Å².